The van der Waals surface area contributed by atoms with Crippen LogP contribution in [-0.2, 0) is 5.41 Å². The van der Waals surface area contributed by atoms with Gasteiger partial charge in [-0.1, -0.05) is 153 Å². The molecule has 0 fully saturated rings. The molecule has 1 aliphatic carbocycles. The summed E-state index contributed by atoms with van der Waals surface area (Å²) in [5.41, 5.74) is 19.3. The summed E-state index contributed by atoms with van der Waals surface area (Å²) in [4.78, 5) is 4.76. The molecule has 0 bridgehead atoms. The first-order chi connectivity index (χ1) is 30.7. The standard InChI is InChI=1S/C59H41N3/c1-3-40-26-30-44(31-27-40)60(42-16-7-5-8-17-42)46-34-36-48-49-37-35-47(61(43-18-9-6-10-19-43)45-32-28-41(4-2)29-33-45)39-55(49)59(54(48)38-46)52-22-12-14-25-57(52)62-56-24-13-11-20-50(56)51-21-15-23-53(59)58(51)62/h3-39H,1-2H2. The molecule has 3 heteroatoms. The Morgan fingerprint density at radius 3 is 1.39 bits per heavy atom. The monoisotopic (exact) mass is 791 g/mol. The molecule has 1 aromatic heterocycles. The summed E-state index contributed by atoms with van der Waals surface area (Å²) in [5, 5.41) is 2.52. The smallest absolute Gasteiger partial charge is 0.0756 e. The fraction of sp³-hybridized carbons (Fsp3) is 0.0169. The first-order valence-corrected chi connectivity index (χ1v) is 21.2. The van der Waals surface area contributed by atoms with Crippen molar-refractivity contribution in [1.29, 1.82) is 0 Å². The minimum atomic E-state index is -0.665. The quantitative estimate of drug-likeness (QED) is 0.152. The van der Waals surface area contributed by atoms with Crippen LogP contribution in [-0.4, -0.2) is 4.57 Å². The van der Waals surface area contributed by atoms with Crippen molar-refractivity contribution in [3.8, 4) is 16.8 Å². The SMILES string of the molecule is C=Cc1ccc(N(c2ccccc2)c2ccc3c(c2)C2(c4cc(N(c5ccccc5)c5ccc(C=C)cc5)ccc4-3)c3ccccc3-n3c4ccccc4c4cccc2c43)cc1. The Labute approximate surface area is 362 Å². The van der Waals surface area contributed by atoms with Crippen molar-refractivity contribution in [2.45, 2.75) is 5.41 Å². The van der Waals surface area contributed by atoms with Crippen LogP contribution in [0.5, 0.6) is 0 Å². The van der Waals surface area contributed by atoms with E-state index < -0.39 is 5.41 Å². The zero-order valence-corrected chi connectivity index (χ0v) is 34.1. The molecule has 10 aromatic rings. The molecule has 2 aliphatic rings. The summed E-state index contributed by atoms with van der Waals surface area (Å²) in [6.45, 7) is 8.06. The molecule has 0 saturated carbocycles. The van der Waals surface area contributed by atoms with Gasteiger partial charge in [0.05, 0.1) is 22.1 Å². The molecule has 2 heterocycles. The van der Waals surface area contributed by atoms with Gasteiger partial charge in [-0.15, -0.1) is 0 Å². The van der Waals surface area contributed by atoms with Crippen molar-refractivity contribution >= 4 is 68.1 Å². The van der Waals surface area contributed by atoms with Crippen molar-refractivity contribution in [3.05, 3.63) is 259 Å². The Balaban J connectivity index is 1.19. The predicted molar refractivity (Wildman–Crippen MR) is 261 cm³/mol. The van der Waals surface area contributed by atoms with Crippen molar-refractivity contribution in [1.82, 2.24) is 4.57 Å². The average molecular weight is 792 g/mol. The second-order valence-electron chi connectivity index (χ2n) is 16.2. The van der Waals surface area contributed by atoms with E-state index in [2.05, 4.69) is 240 Å². The molecule has 9 aromatic carbocycles. The summed E-state index contributed by atoms with van der Waals surface area (Å²) in [7, 11) is 0. The maximum Gasteiger partial charge on any atom is 0.0756 e. The van der Waals surface area contributed by atoms with E-state index in [1.54, 1.807) is 0 Å². The fourth-order valence-electron chi connectivity index (χ4n) is 10.4. The van der Waals surface area contributed by atoms with Gasteiger partial charge in [0, 0.05) is 44.9 Å². The van der Waals surface area contributed by atoms with E-state index in [0.717, 1.165) is 45.3 Å². The molecular weight excluding hydrogens is 751 g/mol. The number of para-hydroxylation sites is 5. The van der Waals surface area contributed by atoms with E-state index in [1.165, 1.54) is 60.9 Å². The Morgan fingerprint density at radius 1 is 0.371 bits per heavy atom. The number of anilines is 6. The van der Waals surface area contributed by atoms with E-state index in [0.29, 0.717) is 0 Å². The van der Waals surface area contributed by atoms with Crippen LogP contribution in [0, 0.1) is 0 Å². The fourth-order valence-corrected chi connectivity index (χ4v) is 10.4. The average Bonchev–Trinajstić information content (AvgIpc) is 3.83. The first kappa shape index (κ1) is 35.8. The largest absolute Gasteiger partial charge is 0.310 e. The van der Waals surface area contributed by atoms with E-state index >= 15 is 0 Å². The third-order valence-corrected chi connectivity index (χ3v) is 13.1. The lowest BCUT2D eigenvalue weighted by Crippen LogP contribution is -2.33. The molecule has 62 heavy (non-hydrogen) atoms. The zero-order chi connectivity index (χ0) is 41.4. The van der Waals surface area contributed by atoms with Crippen LogP contribution >= 0.6 is 0 Å². The van der Waals surface area contributed by atoms with Crippen LogP contribution in [0.3, 0.4) is 0 Å². The second kappa shape index (κ2) is 14.0. The van der Waals surface area contributed by atoms with E-state index in [-0.39, 0.29) is 0 Å². The number of hydrogen-bond donors (Lipinski definition) is 0. The van der Waals surface area contributed by atoms with E-state index in [9.17, 15) is 0 Å². The van der Waals surface area contributed by atoms with Gasteiger partial charge in [-0.25, -0.2) is 0 Å². The molecular formula is C59H41N3. The third kappa shape index (κ3) is 5.12. The van der Waals surface area contributed by atoms with E-state index in [4.69, 9.17) is 0 Å². The number of fused-ring (bicyclic) bond motifs is 12. The highest BCUT2D eigenvalue weighted by molar-refractivity contribution is 6.13. The molecule has 0 N–H and O–H groups in total. The minimum absolute atomic E-state index is 0.665. The maximum absolute atomic E-state index is 4.03. The van der Waals surface area contributed by atoms with Gasteiger partial charge < -0.3 is 14.4 Å². The van der Waals surface area contributed by atoms with Gasteiger partial charge in [0.25, 0.3) is 0 Å². The Kier molecular flexibility index (Phi) is 8.06. The molecule has 1 aliphatic heterocycles. The number of aromatic nitrogens is 1. The summed E-state index contributed by atoms with van der Waals surface area (Å²) in [6.07, 6.45) is 3.80. The second-order valence-corrected chi connectivity index (χ2v) is 16.2. The van der Waals surface area contributed by atoms with E-state index in [1.807, 2.05) is 12.2 Å². The summed E-state index contributed by atoms with van der Waals surface area (Å²) < 4.78 is 2.51. The number of hydrogen-bond acceptors (Lipinski definition) is 2. The normalized spacial score (nSPS) is 12.8. The molecule has 0 amide bonds. The zero-order valence-electron chi connectivity index (χ0n) is 34.1. The van der Waals surface area contributed by atoms with Crippen LogP contribution < -0.4 is 9.80 Å². The predicted octanol–water partition coefficient (Wildman–Crippen LogP) is 15.7. The number of nitrogens with zero attached hydrogens (tertiary/aromatic N) is 3. The Hall–Kier alpha value is -8.14. The lowest BCUT2D eigenvalue weighted by atomic mass is 9.65. The van der Waals surface area contributed by atoms with Crippen LogP contribution in [0.15, 0.2) is 225 Å². The molecule has 3 nitrogen and oxygen atoms in total. The number of rotatable bonds is 8. The number of benzene rings is 9. The molecule has 0 atom stereocenters. The van der Waals surface area contributed by atoms with Gasteiger partial charge in [-0.2, -0.15) is 0 Å². The van der Waals surface area contributed by atoms with Crippen molar-refractivity contribution in [2.75, 3.05) is 9.80 Å². The van der Waals surface area contributed by atoms with Crippen molar-refractivity contribution < 1.29 is 0 Å². The molecule has 0 unspecified atom stereocenters. The van der Waals surface area contributed by atoms with Crippen LogP contribution in [0.4, 0.5) is 34.1 Å². The Morgan fingerprint density at radius 2 is 0.823 bits per heavy atom. The van der Waals surface area contributed by atoms with Crippen molar-refractivity contribution in [3.63, 3.8) is 0 Å². The van der Waals surface area contributed by atoms with Gasteiger partial charge in [-0.3, -0.25) is 0 Å². The van der Waals surface area contributed by atoms with Crippen LogP contribution in [0.25, 0.3) is 50.8 Å². The Bertz CT molecular complexity index is 3230. The van der Waals surface area contributed by atoms with Gasteiger partial charge >= 0.3 is 0 Å². The highest BCUT2D eigenvalue weighted by Gasteiger charge is 2.51. The molecule has 292 valence electrons. The minimum Gasteiger partial charge on any atom is -0.310 e. The van der Waals surface area contributed by atoms with Gasteiger partial charge in [0.15, 0.2) is 0 Å². The topological polar surface area (TPSA) is 11.4 Å². The highest BCUT2D eigenvalue weighted by Crippen LogP contribution is 2.62. The summed E-state index contributed by atoms with van der Waals surface area (Å²) in [5.74, 6) is 0. The molecule has 0 saturated heterocycles. The summed E-state index contributed by atoms with van der Waals surface area (Å²) >= 11 is 0. The van der Waals surface area contributed by atoms with Crippen LogP contribution in [0.1, 0.15) is 33.4 Å². The van der Waals surface area contributed by atoms with Crippen LogP contribution in [0.2, 0.25) is 0 Å². The van der Waals surface area contributed by atoms with Gasteiger partial charge in [-0.05, 0) is 129 Å². The maximum atomic E-state index is 4.03. The van der Waals surface area contributed by atoms with Gasteiger partial charge in [0.2, 0.25) is 0 Å². The lowest BCUT2D eigenvalue weighted by molar-refractivity contribution is 0.748. The highest BCUT2D eigenvalue weighted by atomic mass is 15.1. The third-order valence-electron chi connectivity index (χ3n) is 13.1. The lowest BCUT2D eigenvalue weighted by Gasteiger charge is -2.40. The van der Waals surface area contributed by atoms with Gasteiger partial charge in [0.1, 0.15) is 0 Å². The molecule has 1 spiro atoms. The molecule has 12 rings (SSSR count). The molecule has 0 radical (unpaired) electrons. The first-order valence-electron chi connectivity index (χ1n) is 21.2. The van der Waals surface area contributed by atoms with Crippen molar-refractivity contribution in [2.24, 2.45) is 0 Å². The summed E-state index contributed by atoms with van der Waals surface area (Å²) in [6, 6.07) is 78.0.